The molecule has 0 fully saturated rings. The van der Waals surface area contributed by atoms with Crippen molar-refractivity contribution in [2.24, 2.45) is 0 Å². The molecule has 2 aromatic rings. The lowest BCUT2D eigenvalue weighted by molar-refractivity contribution is -0.155. The number of hydrogen-bond acceptors (Lipinski definition) is 4. The largest absolute Gasteiger partial charge is 0.479 e. The predicted molar refractivity (Wildman–Crippen MR) is 102 cm³/mol. The van der Waals surface area contributed by atoms with Gasteiger partial charge in [0.1, 0.15) is 5.75 Å². The molecule has 2 atom stereocenters. The Hall–Kier alpha value is -2.82. The van der Waals surface area contributed by atoms with Gasteiger partial charge in [-0.3, -0.25) is 4.79 Å². The first-order chi connectivity index (χ1) is 12.4. The molecular formula is C21H25NO4. The number of nitrogens with one attached hydrogen (secondary N) is 1. The summed E-state index contributed by atoms with van der Waals surface area (Å²) in [6, 6.07) is 14.2. The lowest BCUT2D eigenvalue weighted by atomic mass is 10.1. The van der Waals surface area contributed by atoms with Gasteiger partial charge in [-0.25, -0.2) is 4.79 Å². The second-order valence-corrected chi connectivity index (χ2v) is 6.21. The smallest absolute Gasteiger partial charge is 0.347 e. The van der Waals surface area contributed by atoms with Crippen LogP contribution in [0.1, 0.15) is 43.1 Å². The molecule has 0 heterocycles. The Morgan fingerprint density at radius 2 is 1.69 bits per heavy atom. The minimum atomic E-state index is -0.712. The van der Waals surface area contributed by atoms with Crippen LogP contribution in [0.2, 0.25) is 0 Å². The van der Waals surface area contributed by atoms with Gasteiger partial charge in [-0.05, 0) is 63.1 Å². The van der Waals surface area contributed by atoms with Crippen molar-refractivity contribution in [2.75, 3.05) is 5.32 Å². The van der Waals surface area contributed by atoms with Gasteiger partial charge in [-0.15, -0.1) is 0 Å². The Balaban J connectivity index is 1.96. The number of para-hydroxylation sites is 1. The number of rotatable bonds is 7. The van der Waals surface area contributed by atoms with Gasteiger partial charge in [0.25, 0.3) is 5.91 Å². The molecule has 5 nitrogen and oxygen atoms in total. The molecule has 138 valence electrons. The molecule has 0 aliphatic rings. The standard InChI is InChI=1S/C21H25NO4/c1-5-15(3)25-21(24)16(4)26-18-12-10-17(11-13-18)20(23)22-19-9-7-6-8-14(19)2/h6-13,15-16H,5H2,1-4H3,(H,22,23)/t15-,16+/m0/s1. The number of aryl methyl sites for hydroxylation is 1. The van der Waals surface area contributed by atoms with Crippen LogP contribution in [0, 0.1) is 6.92 Å². The third-order valence-electron chi connectivity index (χ3n) is 4.05. The molecule has 0 saturated heterocycles. The van der Waals surface area contributed by atoms with Crippen molar-refractivity contribution in [3.63, 3.8) is 0 Å². The highest BCUT2D eigenvalue weighted by Crippen LogP contribution is 2.18. The zero-order valence-electron chi connectivity index (χ0n) is 15.6. The first-order valence-electron chi connectivity index (χ1n) is 8.75. The molecule has 0 bridgehead atoms. The molecule has 0 spiro atoms. The number of hydrogen-bond donors (Lipinski definition) is 1. The van der Waals surface area contributed by atoms with E-state index in [1.165, 1.54) is 0 Å². The van der Waals surface area contributed by atoms with E-state index >= 15 is 0 Å². The van der Waals surface area contributed by atoms with Gasteiger partial charge in [0.15, 0.2) is 6.10 Å². The highest BCUT2D eigenvalue weighted by molar-refractivity contribution is 6.04. The van der Waals surface area contributed by atoms with Gasteiger partial charge in [0, 0.05) is 11.3 Å². The summed E-state index contributed by atoms with van der Waals surface area (Å²) in [6.45, 7) is 7.37. The molecule has 2 aromatic carbocycles. The van der Waals surface area contributed by atoms with Crippen LogP contribution in [-0.4, -0.2) is 24.1 Å². The monoisotopic (exact) mass is 355 g/mol. The molecule has 0 saturated carbocycles. The van der Waals surface area contributed by atoms with Crippen molar-refractivity contribution in [3.8, 4) is 5.75 Å². The molecule has 0 aliphatic carbocycles. The molecule has 0 aliphatic heterocycles. The van der Waals surface area contributed by atoms with Gasteiger partial charge in [0.2, 0.25) is 0 Å². The lowest BCUT2D eigenvalue weighted by Gasteiger charge is -2.17. The quantitative estimate of drug-likeness (QED) is 0.750. The van der Waals surface area contributed by atoms with Crippen LogP contribution in [0.4, 0.5) is 5.69 Å². The maximum atomic E-state index is 12.3. The SMILES string of the molecule is CC[C@H](C)OC(=O)[C@@H](C)Oc1ccc(C(=O)Nc2ccccc2C)cc1. The van der Waals surface area contributed by atoms with Crippen LogP contribution in [-0.2, 0) is 9.53 Å². The molecule has 0 aromatic heterocycles. The second kappa shape index (κ2) is 9.04. The van der Waals surface area contributed by atoms with Crippen LogP contribution in [0.15, 0.2) is 48.5 Å². The van der Waals surface area contributed by atoms with E-state index in [1.54, 1.807) is 31.2 Å². The predicted octanol–water partition coefficient (Wildman–Crippen LogP) is 4.36. The van der Waals surface area contributed by atoms with Crippen molar-refractivity contribution in [1.29, 1.82) is 0 Å². The summed E-state index contributed by atoms with van der Waals surface area (Å²) in [6.07, 6.45) is -0.0971. The zero-order valence-corrected chi connectivity index (χ0v) is 15.6. The van der Waals surface area contributed by atoms with Crippen molar-refractivity contribution in [2.45, 2.75) is 46.3 Å². The maximum Gasteiger partial charge on any atom is 0.347 e. The number of carbonyl (C=O) groups is 2. The van der Waals surface area contributed by atoms with E-state index in [2.05, 4.69) is 5.32 Å². The third-order valence-corrected chi connectivity index (χ3v) is 4.05. The summed E-state index contributed by atoms with van der Waals surface area (Å²) in [5.41, 5.74) is 2.28. The molecule has 26 heavy (non-hydrogen) atoms. The Bertz CT molecular complexity index is 755. The van der Waals surface area contributed by atoms with E-state index in [9.17, 15) is 9.59 Å². The van der Waals surface area contributed by atoms with E-state index in [0.29, 0.717) is 11.3 Å². The fraction of sp³-hybridized carbons (Fsp3) is 0.333. The normalized spacial score (nSPS) is 12.8. The highest BCUT2D eigenvalue weighted by Gasteiger charge is 2.18. The van der Waals surface area contributed by atoms with E-state index in [4.69, 9.17) is 9.47 Å². The average Bonchev–Trinajstić information content (AvgIpc) is 2.63. The summed E-state index contributed by atoms with van der Waals surface area (Å²) < 4.78 is 10.8. The van der Waals surface area contributed by atoms with Gasteiger partial charge < -0.3 is 14.8 Å². The third kappa shape index (κ3) is 5.34. The van der Waals surface area contributed by atoms with Crippen LogP contribution in [0.5, 0.6) is 5.75 Å². The van der Waals surface area contributed by atoms with E-state index in [1.807, 2.05) is 45.0 Å². The van der Waals surface area contributed by atoms with E-state index in [0.717, 1.165) is 17.7 Å². The fourth-order valence-electron chi connectivity index (χ4n) is 2.22. The van der Waals surface area contributed by atoms with E-state index in [-0.39, 0.29) is 12.0 Å². The highest BCUT2D eigenvalue weighted by atomic mass is 16.6. The number of benzene rings is 2. The molecular weight excluding hydrogens is 330 g/mol. The zero-order chi connectivity index (χ0) is 19.1. The average molecular weight is 355 g/mol. The van der Waals surface area contributed by atoms with Gasteiger partial charge >= 0.3 is 5.97 Å². The summed E-state index contributed by atoms with van der Waals surface area (Å²) in [5.74, 6) is -0.0955. The number of ether oxygens (including phenoxy) is 2. The number of anilines is 1. The Kier molecular flexibility index (Phi) is 6.78. The summed E-state index contributed by atoms with van der Waals surface area (Å²) >= 11 is 0. The fourth-order valence-corrected chi connectivity index (χ4v) is 2.22. The Morgan fingerprint density at radius 1 is 1.04 bits per heavy atom. The Labute approximate surface area is 154 Å². The molecule has 2 rings (SSSR count). The van der Waals surface area contributed by atoms with Crippen LogP contribution in [0.25, 0.3) is 0 Å². The van der Waals surface area contributed by atoms with Gasteiger partial charge in [-0.2, -0.15) is 0 Å². The summed E-state index contributed by atoms with van der Waals surface area (Å²) in [7, 11) is 0. The number of esters is 1. The van der Waals surface area contributed by atoms with Crippen molar-refractivity contribution >= 4 is 17.6 Å². The van der Waals surface area contributed by atoms with E-state index < -0.39 is 12.1 Å². The van der Waals surface area contributed by atoms with Crippen molar-refractivity contribution in [1.82, 2.24) is 0 Å². The second-order valence-electron chi connectivity index (χ2n) is 6.21. The van der Waals surface area contributed by atoms with Gasteiger partial charge in [0.05, 0.1) is 6.10 Å². The van der Waals surface area contributed by atoms with Crippen LogP contribution < -0.4 is 10.1 Å². The topological polar surface area (TPSA) is 64.6 Å². The molecule has 1 N–H and O–H groups in total. The number of amides is 1. The minimum absolute atomic E-state index is 0.138. The lowest BCUT2D eigenvalue weighted by Crippen LogP contribution is -2.29. The summed E-state index contributed by atoms with van der Waals surface area (Å²) in [4.78, 5) is 24.3. The molecule has 5 heteroatoms. The van der Waals surface area contributed by atoms with Gasteiger partial charge in [-0.1, -0.05) is 25.1 Å². The van der Waals surface area contributed by atoms with Crippen LogP contribution in [0.3, 0.4) is 0 Å². The van der Waals surface area contributed by atoms with Crippen molar-refractivity contribution < 1.29 is 19.1 Å². The first-order valence-corrected chi connectivity index (χ1v) is 8.75. The molecule has 1 amide bonds. The van der Waals surface area contributed by atoms with Crippen molar-refractivity contribution in [3.05, 3.63) is 59.7 Å². The van der Waals surface area contributed by atoms with Crippen LogP contribution >= 0.6 is 0 Å². The maximum absolute atomic E-state index is 12.3. The molecule has 0 radical (unpaired) electrons. The molecule has 0 unspecified atom stereocenters. The summed E-state index contributed by atoms with van der Waals surface area (Å²) in [5, 5.41) is 2.88. The number of carbonyl (C=O) groups excluding carboxylic acids is 2. The first kappa shape index (κ1) is 19.5. The Morgan fingerprint density at radius 3 is 2.31 bits per heavy atom. The minimum Gasteiger partial charge on any atom is -0.479 e.